The lowest BCUT2D eigenvalue weighted by atomic mass is 10.0. The Morgan fingerprint density at radius 2 is 1.91 bits per heavy atom. The minimum atomic E-state index is -0.320. The topological polar surface area (TPSA) is 53.4 Å². The number of aromatic nitrogens is 2. The molecular weight excluding hydrogens is 448 g/mol. The lowest BCUT2D eigenvalue weighted by molar-refractivity contribution is -0.138. The molecule has 0 bridgehead atoms. The molecule has 0 aliphatic carbocycles. The van der Waals surface area contributed by atoms with E-state index in [0.29, 0.717) is 36.8 Å². The number of hydrogen-bond donors (Lipinski definition) is 0. The molecule has 6 heteroatoms. The van der Waals surface area contributed by atoms with Crippen molar-refractivity contribution in [1.29, 1.82) is 0 Å². The first-order valence-corrected chi connectivity index (χ1v) is 12.2. The fraction of sp³-hybridized carbons (Fsp3) is 0.357. The molecule has 0 fully saturated rings. The van der Waals surface area contributed by atoms with E-state index in [9.17, 15) is 4.79 Å². The highest BCUT2D eigenvalue weighted by Crippen LogP contribution is 2.25. The Bertz CT molecular complexity index is 1110. The van der Waals surface area contributed by atoms with Crippen molar-refractivity contribution in [2.45, 2.75) is 53.0 Å². The molecular formula is C28H33ClN2O3. The first-order valence-electron chi connectivity index (χ1n) is 11.9. The van der Waals surface area contributed by atoms with Gasteiger partial charge in [0, 0.05) is 17.0 Å². The molecule has 0 saturated carbocycles. The third-order valence-corrected chi connectivity index (χ3v) is 5.90. The Hall–Kier alpha value is -3.05. The summed E-state index contributed by atoms with van der Waals surface area (Å²) in [7, 11) is 0. The van der Waals surface area contributed by atoms with Gasteiger partial charge in [0.25, 0.3) is 0 Å². The maximum absolute atomic E-state index is 12.7. The molecule has 180 valence electrons. The number of hydrogen-bond acceptors (Lipinski definition) is 4. The van der Waals surface area contributed by atoms with Crippen molar-refractivity contribution in [3.63, 3.8) is 0 Å². The van der Waals surface area contributed by atoms with E-state index < -0.39 is 0 Å². The van der Waals surface area contributed by atoms with Gasteiger partial charge in [-0.15, -0.1) is 0 Å². The SMILES string of the molecule is CCCCCOc1ccc(Cn2c(C=C(Cc3ccccc3)C(=O)OCC)cnc2C)c(Cl)c1. The number of ether oxygens (including phenoxy) is 2. The van der Waals surface area contributed by atoms with Crippen LogP contribution in [0.3, 0.4) is 0 Å². The summed E-state index contributed by atoms with van der Waals surface area (Å²) in [5.74, 6) is 1.30. The molecule has 0 atom stereocenters. The average Bonchev–Trinajstić information content (AvgIpc) is 3.17. The van der Waals surface area contributed by atoms with Crippen LogP contribution in [0, 0.1) is 6.92 Å². The molecule has 1 heterocycles. The molecule has 0 radical (unpaired) electrons. The summed E-state index contributed by atoms with van der Waals surface area (Å²) in [5, 5.41) is 0.644. The number of nitrogens with zero attached hydrogens (tertiary/aromatic N) is 2. The predicted molar refractivity (Wildman–Crippen MR) is 137 cm³/mol. The maximum Gasteiger partial charge on any atom is 0.334 e. The third-order valence-electron chi connectivity index (χ3n) is 5.55. The van der Waals surface area contributed by atoms with Crippen LogP contribution in [0.5, 0.6) is 5.75 Å². The summed E-state index contributed by atoms with van der Waals surface area (Å²) in [4.78, 5) is 17.2. The van der Waals surface area contributed by atoms with Gasteiger partial charge in [-0.2, -0.15) is 0 Å². The largest absolute Gasteiger partial charge is 0.494 e. The minimum Gasteiger partial charge on any atom is -0.494 e. The molecule has 0 spiro atoms. The molecule has 0 amide bonds. The minimum absolute atomic E-state index is 0.320. The van der Waals surface area contributed by atoms with Gasteiger partial charge in [0.05, 0.1) is 31.6 Å². The molecule has 0 saturated heterocycles. The molecule has 0 aliphatic rings. The number of carbonyl (C=O) groups is 1. The smallest absolute Gasteiger partial charge is 0.334 e. The maximum atomic E-state index is 12.7. The second kappa shape index (κ2) is 13.0. The number of rotatable bonds is 12. The number of halogens is 1. The van der Waals surface area contributed by atoms with Gasteiger partial charge < -0.3 is 14.0 Å². The van der Waals surface area contributed by atoms with Gasteiger partial charge in [0.15, 0.2) is 0 Å². The number of carbonyl (C=O) groups excluding carboxylic acids is 1. The summed E-state index contributed by atoms with van der Waals surface area (Å²) < 4.78 is 13.2. The molecule has 0 unspecified atom stereocenters. The van der Waals surface area contributed by atoms with Crippen LogP contribution >= 0.6 is 11.6 Å². The van der Waals surface area contributed by atoms with Crippen LogP contribution in [0.1, 0.15) is 55.8 Å². The Labute approximate surface area is 207 Å². The van der Waals surface area contributed by atoms with Gasteiger partial charge in [-0.3, -0.25) is 0 Å². The van der Waals surface area contributed by atoms with Gasteiger partial charge in [0.1, 0.15) is 11.6 Å². The Morgan fingerprint density at radius 3 is 2.62 bits per heavy atom. The normalized spacial score (nSPS) is 11.5. The number of unbranched alkanes of at least 4 members (excludes halogenated alkanes) is 2. The summed E-state index contributed by atoms with van der Waals surface area (Å²) in [6.45, 7) is 7.48. The zero-order valence-electron chi connectivity index (χ0n) is 20.2. The Kier molecular flexibility index (Phi) is 9.77. The van der Waals surface area contributed by atoms with Crippen LogP contribution in [0.15, 0.2) is 60.3 Å². The fourth-order valence-electron chi connectivity index (χ4n) is 3.67. The van der Waals surface area contributed by atoms with Crippen molar-refractivity contribution < 1.29 is 14.3 Å². The molecule has 3 rings (SSSR count). The van der Waals surface area contributed by atoms with Crippen LogP contribution in [0.2, 0.25) is 5.02 Å². The first kappa shape index (κ1) is 25.6. The van der Waals surface area contributed by atoms with Crippen molar-refractivity contribution in [3.8, 4) is 5.75 Å². The monoisotopic (exact) mass is 480 g/mol. The van der Waals surface area contributed by atoms with Crippen molar-refractivity contribution >= 4 is 23.6 Å². The third kappa shape index (κ3) is 7.22. The van der Waals surface area contributed by atoms with Crippen LogP contribution in [-0.4, -0.2) is 28.7 Å². The Balaban J connectivity index is 1.83. The molecule has 2 aromatic carbocycles. The van der Waals surface area contributed by atoms with E-state index in [1.807, 2.05) is 73.0 Å². The standard InChI is InChI=1S/C28H33ClN2O3/c1-4-6-10-15-34-26-14-13-23(27(29)18-26)20-31-21(3)30-19-25(31)17-24(28(32)33-5-2)16-22-11-8-7-9-12-22/h7-9,11-14,17-19H,4-6,10,15-16,20H2,1-3H3. The Morgan fingerprint density at radius 1 is 1.12 bits per heavy atom. The van der Waals surface area contributed by atoms with Crippen LogP contribution in [-0.2, 0) is 22.5 Å². The first-order chi connectivity index (χ1) is 16.5. The van der Waals surface area contributed by atoms with E-state index in [1.165, 1.54) is 0 Å². The lowest BCUT2D eigenvalue weighted by Crippen LogP contribution is -2.11. The molecule has 0 aliphatic heterocycles. The second-order valence-electron chi connectivity index (χ2n) is 8.18. The van der Waals surface area contributed by atoms with E-state index in [1.54, 1.807) is 6.20 Å². The summed E-state index contributed by atoms with van der Waals surface area (Å²) >= 11 is 6.59. The zero-order chi connectivity index (χ0) is 24.3. The predicted octanol–water partition coefficient (Wildman–Crippen LogP) is 6.65. The molecule has 0 N–H and O–H groups in total. The number of benzene rings is 2. The molecule has 5 nitrogen and oxygen atoms in total. The van der Waals surface area contributed by atoms with Gasteiger partial charge in [0.2, 0.25) is 0 Å². The summed E-state index contributed by atoms with van der Waals surface area (Å²) in [6.07, 6.45) is 7.47. The van der Waals surface area contributed by atoms with Gasteiger partial charge in [-0.25, -0.2) is 9.78 Å². The van der Waals surface area contributed by atoms with Crippen molar-refractivity contribution in [2.24, 2.45) is 0 Å². The van der Waals surface area contributed by atoms with Crippen molar-refractivity contribution in [1.82, 2.24) is 9.55 Å². The van der Waals surface area contributed by atoms with Gasteiger partial charge in [-0.05, 0) is 49.6 Å². The van der Waals surface area contributed by atoms with Crippen molar-refractivity contribution in [3.05, 3.63) is 88.0 Å². The number of aryl methyl sites for hydroxylation is 1. The molecule has 34 heavy (non-hydrogen) atoms. The van der Waals surface area contributed by atoms with Crippen LogP contribution in [0.25, 0.3) is 6.08 Å². The lowest BCUT2D eigenvalue weighted by Gasteiger charge is -2.13. The highest BCUT2D eigenvalue weighted by molar-refractivity contribution is 6.31. The highest BCUT2D eigenvalue weighted by atomic mass is 35.5. The van der Waals surface area contributed by atoms with E-state index in [-0.39, 0.29) is 5.97 Å². The second-order valence-corrected chi connectivity index (χ2v) is 8.58. The van der Waals surface area contributed by atoms with E-state index in [4.69, 9.17) is 21.1 Å². The summed E-state index contributed by atoms with van der Waals surface area (Å²) in [6, 6.07) is 15.7. The molecule has 1 aromatic heterocycles. The average molecular weight is 481 g/mol. The fourth-order valence-corrected chi connectivity index (χ4v) is 3.90. The van der Waals surface area contributed by atoms with Gasteiger partial charge in [-0.1, -0.05) is 67.8 Å². The van der Waals surface area contributed by atoms with Crippen LogP contribution < -0.4 is 4.74 Å². The van der Waals surface area contributed by atoms with Gasteiger partial charge >= 0.3 is 5.97 Å². The number of imidazole rings is 1. The van der Waals surface area contributed by atoms with E-state index in [2.05, 4.69) is 11.9 Å². The highest BCUT2D eigenvalue weighted by Gasteiger charge is 2.15. The number of esters is 1. The molecule has 3 aromatic rings. The van der Waals surface area contributed by atoms with Crippen LogP contribution in [0.4, 0.5) is 0 Å². The van der Waals surface area contributed by atoms with E-state index in [0.717, 1.165) is 47.7 Å². The zero-order valence-corrected chi connectivity index (χ0v) is 21.0. The summed E-state index contributed by atoms with van der Waals surface area (Å²) in [5.41, 5.74) is 3.41. The van der Waals surface area contributed by atoms with Crippen molar-refractivity contribution in [2.75, 3.05) is 13.2 Å². The van der Waals surface area contributed by atoms with E-state index >= 15 is 0 Å². The quantitative estimate of drug-likeness (QED) is 0.165.